The number of fused-ring (bicyclic) bond motifs is 1. The quantitative estimate of drug-likeness (QED) is 0.482. The Morgan fingerprint density at radius 3 is 2.36 bits per heavy atom. The number of rotatable bonds is 4. The monoisotopic (exact) mass is 391 g/mol. The molecule has 0 fully saturated rings. The fraction of sp³-hybridized carbons (Fsp3) is 0. The van der Waals surface area contributed by atoms with Crippen molar-refractivity contribution < 1.29 is 4.79 Å². The van der Waals surface area contributed by atoms with E-state index in [9.17, 15) is 10.1 Å². The van der Waals surface area contributed by atoms with Crippen molar-refractivity contribution in [3.8, 4) is 6.07 Å². The summed E-state index contributed by atoms with van der Waals surface area (Å²) in [6.45, 7) is 0. The summed E-state index contributed by atoms with van der Waals surface area (Å²) in [5, 5.41) is 17.2. The van der Waals surface area contributed by atoms with Crippen LogP contribution in [0.25, 0.3) is 10.8 Å². The summed E-state index contributed by atoms with van der Waals surface area (Å²) < 4.78 is 0.916. The van der Waals surface area contributed by atoms with Gasteiger partial charge in [-0.3, -0.25) is 4.79 Å². The van der Waals surface area contributed by atoms with Gasteiger partial charge < -0.3 is 10.6 Å². The molecular weight excluding hydrogens is 378 g/mol. The molecule has 0 aromatic heterocycles. The van der Waals surface area contributed by atoms with Gasteiger partial charge in [0.1, 0.15) is 11.6 Å². The highest BCUT2D eigenvalue weighted by Gasteiger charge is 2.09. The van der Waals surface area contributed by atoms with Gasteiger partial charge in [0.25, 0.3) is 5.91 Å². The van der Waals surface area contributed by atoms with Gasteiger partial charge in [0.05, 0.1) is 0 Å². The Bertz CT molecular complexity index is 988. The number of benzene rings is 3. The van der Waals surface area contributed by atoms with Crippen LogP contribution in [-0.4, -0.2) is 5.91 Å². The zero-order valence-electron chi connectivity index (χ0n) is 13.2. The van der Waals surface area contributed by atoms with Crippen LogP contribution in [0.1, 0.15) is 0 Å². The molecule has 0 spiro atoms. The highest BCUT2D eigenvalue weighted by molar-refractivity contribution is 9.10. The molecule has 3 aromatic carbocycles. The molecule has 0 bridgehead atoms. The standard InChI is InChI=1S/C20H14BrN3O/c21-17-6-9-18(10-7-17)24-20(25)16(12-22)13-23-19-8-5-14-3-1-2-4-15(14)11-19/h1-11,13,23H,(H,24,25)/b16-13-. The molecule has 2 N–H and O–H groups in total. The lowest BCUT2D eigenvalue weighted by Gasteiger charge is -2.06. The fourth-order valence-corrected chi connectivity index (χ4v) is 2.58. The summed E-state index contributed by atoms with van der Waals surface area (Å²) in [5.41, 5.74) is 1.43. The van der Waals surface area contributed by atoms with Gasteiger partial charge >= 0.3 is 0 Å². The van der Waals surface area contributed by atoms with E-state index in [1.165, 1.54) is 6.20 Å². The number of carbonyl (C=O) groups excluding carboxylic acids is 1. The predicted molar refractivity (Wildman–Crippen MR) is 104 cm³/mol. The molecule has 0 aliphatic rings. The maximum absolute atomic E-state index is 12.2. The third-order valence-corrected chi connectivity index (χ3v) is 4.13. The lowest BCUT2D eigenvalue weighted by molar-refractivity contribution is -0.112. The molecule has 3 aromatic rings. The Labute approximate surface area is 153 Å². The molecule has 1 amide bonds. The first kappa shape index (κ1) is 16.7. The number of nitrogens with zero attached hydrogens (tertiary/aromatic N) is 1. The number of carbonyl (C=O) groups is 1. The molecule has 4 nitrogen and oxygen atoms in total. The number of nitriles is 1. The van der Waals surface area contributed by atoms with Gasteiger partial charge in [0.15, 0.2) is 0 Å². The second kappa shape index (κ2) is 7.65. The van der Waals surface area contributed by atoms with Gasteiger partial charge in [0.2, 0.25) is 0 Å². The predicted octanol–water partition coefficient (Wildman–Crippen LogP) is 5.06. The highest BCUT2D eigenvalue weighted by atomic mass is 79.9. The van der Waals surface area contributed by atoms with E-state index in [2.05, 4.69) is 26.6 Å². The van der Waals surface area contributed by atoms with E-state index in [1.807, 2.05) is 60.7 Å². The number of anilines is 2. The summed E-state index contributed by atoms with van der Waals surface area (Å²) in [4.78, 5) is 12.2. The van der Waals surface area contributed by atoms with Crippen LogP contribution in [-0.2, 0) is 4.79 Å². The molecule has 25 heavy (non-hydrogen) atoms. The lowest BCUT2D eigenvalue weighted by atomic mass is 10.1. The number of hydrogen-bond acceptors (Lipinski definition) is 3. The second-order valence-electron chi connectivity index (χ2n) is 5.34. The molecule has 0 aliphatic heterocycles. The zero-order chi connectivity index (χ0) is 17.6. The van der Waals surface area contributed by atoms with Crippen LogP contribution >= 0.6 is 15.9 Å². The second-order valence-corrected chi connectivity index (χ2v) is 6.25. The van der Waals surface area contributed by atoms with Crippen LogP contribution in [0.2, 0.25) is 0 Å². The Hall–Kier alpha value is -3.10. The van der Waals surface area contributed by atoms with E-state index in [1.54, 1.807) is 12.1 Å². The van der Waals surface area contributed by atoms with Crippen LogP contribution < -0.4 is 10.6 Å². The maximum atomic E-state index is 12.2. The van der Waals surface area contributed by atoms with E-state index < -0.39 is 5.91 Å². The van der Waals surface area contributed by atoms with Gasteiger partial charge in [-0.2, -0.15) is 5.26 Å². The smallest absolute Gasteiger partial charge is 0.267 e. The van der Waals surface area contributed by atoms with Gasteiger partial charge in [-0.05, 0) is 47.2 Å². The lowest BCUT2D eigenvalue weighted by Crippen LogP contribution is -2.14. The molecule has 0 atom stereocenters. The summed E-state index contributed by atoms with van der Waals surface area (Å²) in [5.74, 6) is -0.460. The van der Waals surface area contributed by atoms with Crippen molar-refractivity contribution in [1.29, 1.82) is 5.26 Å². The molecule has 0 saturated carbocycles. The van der Waals surface area contributed by atoms with E-state index in [0.29, 0.717) is 5.69 Å². The van der Waals surface area contributed by atoms with Crippen molar-refractivity contribution >= 4 is 44.0 Å². The van der Waals surface area contributed by atoms with Crippen LogP contribution in [0, 0.1) is 11.3 Å². The van der Waals surface area contributed by atoms with Gasteiger partial charge in [-0.1, -0.05) is 46.3 Å². The third kappa shape index (κ3) is 4.25. The molecule has 5 heteroatoms. The Morgan fingerprint density at radius 1 is 0.960 bits per heavy atom. The molecular formula is C20H14BrN3O. The largest absolute Gasteiger partial charge is 0.360 e. The molecule has 122 valence electrons. The number of halogens is 1. The van der Waals surface area contributed by atoms with E-state index in [4.69, 9.17) is 0 Å². The van der Waals surface area contributed by atoms with E-state index >= 15 is 0 Å². The van der Waals surface area contributed by atoms with Crippen molar-refractivity contribution in [2.24, 2.45) is 0 Å². The minimum atomic E-state index is -0.460. The van der Waals surface area contributed by atoms with Gasteiger partial charge in [0, 0.05) is 22.0 Å². The summed E-state index contributed by atoms with van der Waals surface area (Å²) in [7, 11) is 0. The molecule has 0 unspecified atom stereocenters. The fourth-order valence-electron chi connectivity index (χ4n) is 2.31. The number of nitrogens with one attached hydrogen (secondary N) is 2. The van der Waals surface area contributed by atoms with Gasteiger partial charge in [-0.25, -0.2) is 0 Å². The van der Waals surface area contributed by atoms with Crippen LogP contribution in [0.15, 0.2) is 83.0 Å². The molecule has 0 radical (unpaired) electrons. The third-order valence-electron chi connectivity index (χ3n) is 3.60. The van der Waals surface area contributed by atoms with Crippen LogP contribution in [0.4, 0.5) is 11.4 Å². The first-order valence-electron chi connectivity index (χ1n) is 7.58. The first-order chi connectivity index (χ1) is 12.2. The normalized spacial score (nSPS) is 11.0. The Balaban J connectivity index is 1.73. The van der Waals surface area contributed by atoms with Crippen LogP contribution in [0.5, 0.6) is 0 Å². The first-order valence-corrected chi connectivity index (χ1v) is 8.37. The van der Waals surface area contributed by atoms with E-state index in [-0.39, 0.29) is 5.57 Å². The highest BCUT2D eigenvalue weighted by Crippen LogP contribution is 2.19. The Morgan fingerprint density at radius 2 is 1.64 bits per heavy atom. The van der Waals surface area contributed by atoms with Crippen molar-refractivity contribution in [3.63, 3.8) is 0 Å². The van der Waals surface area contributed by atoms with Crippen molar-refractivity contribution in [2.45, 2.75) is 0 Å². The molecule has 0 aliphatic carbocycles. The van der Waals surface area contributed by atoms with E-state index in [0.717, 1.165) is 20.9 Å². The average Bonchev–Trinajstić information content (AvgIpc) is 2.64. The SMILES string of the molecule is N#C/C(=C/Nc1ccc2ccccc2c1)C(=O)Nc1ccc(Br)cc1. The summed E-state index contributed by atoms with van der Waals surface area (Å²) >= 11 is 3.34. The maximum Gasteiger partial charge on any atom is 0.267 e. The molecule has 0 saturated heterocycles. The minimum Gasteiger partial charge on any atom is -0.360 e. The van der Waals surface area contributed by atoms with Crippen molar-refractivity contribution in [1.82, 2.24) is 0 Å². The molecule has 0 heterocycles. The van der Waals surface area contributed by atoms with Gasteiger partial charge in [-0.15, -0.1) is 0 Å². The molecule has 3 rings (SSSR count). The van der Waals surface area contributed by atoms with Crippen molar-refractivity contribution in [2.75, 3.05) is 10.6 Å². The topological polar surface area (TPSA) is 64.9 Å². The van der Waals surface area contributed by atoms with Crippen LogP contribution in [0.3, 0.4) is 0 Å². The van der Waals surface area contributed by atoms with Crippen molar-refractivity contribution in [3.05, 3.63) is 83.0 Å². The number of hydrogen-bond donors (Lipinski definition) is 2. The summed E-state index contributed by atoms with van der Waals surface area (Å²) in [6, 6.07) is 22.9. The summed E-state index contributed by atoms with van der Waals surface area (Å²) in [6.07, 6.45) is 1.41. The Kier molecular flexibility index (Phi) is 5.12. The minimum absolute atomic E-state index is 0.00363. The zero-order valence-corrected chi connectivity index (χ0v) is 14.7. The number of amides is 1. The average molecular weight is 392 g/mol.